The summed E-state index contributed by atoms with van der Waals surface area (Å²) in [5.74, 6) is 0.968. The van der Waals surface area contributed by atoms with E-state index in [9.17, 15) is 4.79 Å². The Hall–Kier alpha value is -0.940. The normalized spacial score (nSPS) is 12.8. The first-order valence-electron chi connectivity index (χ1n) is 5.56. The van der Waals surface area contributed by atoms with E-state index in [2.05, 4.69) is 9.97 Å². The molecule has 1 unspecified atom stereocenters. The third-order valence-corrected chi connectivity index (χ3v) is 4.87. The summed E-state index contributed by atoms with van der Waals surface area (Å²) in [6, 6.07) is 1.95. The number of hydrogen-bond acceptors (Lipinski definition) is 5. The van der Waals surface area contributed by atoms with Crippen molar-refractivity contribution in [3.8, 4) is 0 Å². The van der Waals surface area contributed by atoms with Gasteiger partial charge in [-0.3, -0.25) is 9.78 Å². The van der Waals surface area contributed by atoms with Crippen molar-refractivity contribution < 1.29 is 4.79 Å². The number of carbonyl (C=O) groups is 1. The Labute approximate surface area is 109 Å². The van der Waals surface area contributed by atoms with Crippen LogP contribution in [-0.4, -0.2) is 21.5 Å². The van der Waals surface area contributed by atoms with Gasteiger partial charge >= 0.3 is 0 Å². The maximum Gasteiger partial charge on any atom is 0.151 e. The number of fused-ring (bicyclic) bond motifs is 1. The quantitative estimate of drug-likeness (QED) is 0.778. The van der Waals surface area contributed by atoms with Gasteiger partial charge in [0, 0.05) is 12.1 Å². The van der Waals surface area contributed by atoms with Crippen LogP contribution in [0.2, 0.25) is 0 Å². The molecule has 0 radical (unpaired) electrons. The molecule has 0 aliphatic carbocycles. The number of nitrogens with zero attached hydrogens (tertiary/aromatic N) is 2. The molecule has 2 aromatic rings. The van der Waals surface area contributed by atoms with Gasteiger partial charge in [-0.15, -0.1) is 11.3 Å². The van der Waals surface area contributed by atoms with Crippen LogP contribution in [0.1, 0.15) is 20.3 Å². The molecular weight excluding hydrogens is 252 g/mol. The lowest BCUT2D eigenvalue weighted by Gasteiger charge is -2.04. The van der Waals surface area contributed by atoms with Crippen LogP contribution in [0.15, 0.2) is 22.8 Å². The maximum atomic E-state index is 11.7. The van der Waals surface area contributed by atoms with Crippen molar-refractivity contribution >= 4 is 39.1 Å². The van der Waals surface area contributed by atoms with Crippen molar-refractivity contribution in [1.29, 1.82) is 0 Å². The number of thiazole rings is 1. The Balaban J connectivity index is 2.02. The lowest BCUT2D eigenvalue weighted by Crippen LogP contribution is -2.11. The molecule has 0 saturated carbocycles. The second-order valence-electron chi connectivity index (χ2n) is 3.89. The summed E-state index contributed by atoms with van der Waals surface area (Å²) in [4.78, 5) is 20.2. The molecule has 17 heavy (non-hydrogen) atoms. The molecule has 0 aliphatic rings. The molecule has 5 heteroatoms. The fourth-order valence-electron chi connectivity index (χ4n) is 1.32. The number of aromatic nitrogens is 2. The fourth-order valence-corrected chi connectivity index (χ4v) is 3.38. The number of rotatable bonds is 5. The predicted molar refractivity (Wildman–Crippen MR) is 72.6 cm³/mol. The third kappa shape index (κ3) is 3.04. The molecule has 1 atom stereocenters. The Bertz CT molecular complexity index is 491. The Morgan fingerprint density at radius 1 is 1.59 bits per heavy atom. The highest BCUT2D eigenvalue weighted by Crippen LogP contribution is 2.29. The summed E-state index contributed by atoms with van der Waals surface area (Å²) >= 11 is 3.15. The van der Waals surface area contributed by atoms with Gasteiger partial charge < -0.3 is 0 Å². The van der Waals surface area contributed by atoms with Crippen molar-refractivity contribution in [3.63, 3.8) is 0 Å². The SMILES string of the molecule is CCC(C)C(=O)CSc1nc2cnccc2s1. The van der Waals surface area contributed by atoms with Gasteiger partial charge in [0.05, 0.1) is 16.6 Å². The molecule has 0 bridgehead atoms. The van der Waals surface area contributed by atoms with Gasteiger partial charge in [-0.25, -0.2) is 4.98 Å². The number of pyridine rings is 1. The van der Waals surface area contributed by atoms with E-state index < -0.39 is 0 Å². The first-order valence-corrected chi connectivity index (χ1v) is 7.37. The monoisotopic (exact) mass is 266 g/mol. The van der Waals surface area contributed by atoms with Crippen LogP contribution in [0.4, 0.5) is 0 Å². The molecule has 3 nitrogen and oxygen atoms in total. The van der Waals surface area contributed by atoms with Crippen LogP contribution in [0.3, 0.4) is 0 Å². The van der Waals surface area contributed by atoms with Gasteiger partial charge in [0.1, 0.15) is 11.3 Å². The maximum absolute atomic E-state index is 11.7. The van der Waals surface area contributed by atoms with Crippen molar-refractivity contribution in [2.24, 2.45) is 5.92 Å². The molecule has 0 amide bonds. The molecule has 0 aliphatic heterocycles. The van der Waals surface area contributed by atoms with Gasteiger partial charge in [0.15, 0.2) is 4.34 Å². The third-order valence-electron chi connectivity index (χ3n) is 2.67. The Morgan fingerprint density at radius 3 is 3.12 bits per heavy atom. The smallest absolute Gasteiger partial charge is 0.151 e. The average Bonchev–Trinajstić information content (AvgIpc) is 2.77. The molecule has 2 rings (SSSR count). The summed E-state index contributed by atoms with van der Waals surface area (Å²) in [7, 11) is 0. The van der Waals surface area contributed by atoms with Crippen LogP contribution < -0.4 is 0 Å². The van der Waals surface area contributed by atoms with Gasteiger partial charge in [-0.05, 0) is 12.5 Å². The van der Waals surface area contributed by atoms with Gasteiger partial charge in [-0.1, -0.05) is 25.6 Å². The molecule has 0 aromatic carbocycles. The standard InChI is InChI=1S/C12H14N2OS2/c1-3-8(2)10(15)7-16-12-14-9-6-13-5-4-11(9)17-12/h4-6,8H,3,7H2,1-2H3. The number of Topliss-reactive ketones (excluding diaryl/α,β-unsaturated/α-hetero) is 1. The van der Waals surface area contributed by atoms with Gasteiger partial charge in [0.25, 0.3) is 0 Å². The summed E-state index contributed by atoms with van der Waals surface area (Å²) in [6.45, 7) is 4.02. The zero-order valence-electron chi connectivity index (χ0n) is 9.84. The number of hydrogen-bond donors (Lipinski definition) is 0. The van der Waals surface area contributed by atoms with Gasteiger partial charge in [-0.2, -0.15) is 0 Å². The summed E-state index contributed by atoms with van der Waals surface area (Å²) in [5, 5.41) is 0. The van der Waals surface area contributed by atoms with Crippen LogP contribution in [0.25, 0.3) is 10.2 Å². The van der Waals surface area contributed by atoms with Crippen LogP contribution in [0.5, 0.6) is 0 Å². The molecule has 0 spiro atoms. The first-order chi connectivity index (χ1) is 8.20. The van der Waals surface area contributed by atoms with E-state index in [4.69, 9.17) is 0 Å². The average molecular weight is 266 g/mol. The number of thioether (sulfide) groups is 1. The Kier molecular flexibility index (Phi) is 4.12. The van der Waals surface area contributed by atoms with E-state index >= 15 is 0 Å². The van der Waals surface area contributed by atoms with E-state index in [1.807, 2.05) is 19.9 Å². The van der Waals surface area contributed by atoms with Crippen LogP contribution >= 0.6 is 23.1 Å². The lowest BCUT2D eigenvalue weighted by molar-refractivity contribution is -0.119. The zero-order valence-corrected chi connectivity index (χ0v) is 11.5. The number of ketones is 1. The second-order valence-corrected chi connectivity index (χ2v) is 6.14. The van der Waals surface area contributed by atoms with Crippen molar-refractivity contribution in [3.05, 3.63) is 18.5 Å². The molecule has 2 aromatic heterocycles. The van der Waals surface area contributed by atoms with E-state index in [-0.39, 0.29) is 5.92 Å². The lowest BCUT2D eigenvalue weighted by atomic mass is 10.1. The van der Waals surface area contributed by atoms with E-state index in [0.29, 0.717) is 11.5 Å². The summed E-state index contributed by atoms with van der Waals surface area (Å²) < 4.78 is 2.07. The summed E-state index contributed by atoms with van der Waals surface area (Å²) in [5.41, 5.74) is 0.913. The predicted octanol–water partition coefficient (Wildman–Crippen LogP) is 3.40. The highest BCUT2D eigenvalue weighted by molar-refractivity contribution is 8.01. The molecular formula is C12H14N2OS2. The van der Waals surface area contributed by atoms with E-state index in [1.54, 1.807) is 23.7 Å². The van der Waals surface area contributed by atoms with Crippen molar-refractivity contribution in [2.75, 3.05) is 5.75 Å². The number of carbonyl (C=O) groups excluding carboxylic acids is 1. The minimum Gasteiger partial charge on any atom is -0.298 e. The second kappa shape index (κ2) is 5.60. The first kappa shape index (κ1) is 12.5. The van der Waals surface area contributed by atoms with Crippen molar-refractivity contribution in [2.45, 2.75) is 24.6 Å². The topological polar surface area (TPSA) is 42.9 Å². The summed E-state index contributed by atoms with van der Waals surface area (Å²) in [6.07, 6.45) is 4.43. The minimum atomic E-state index is 0.151. The minimum absolute atomic E-state index is 0.151. The highest BCUT2D eigenvalue weighted by atomic mass is 32.2. The largest absolute Gasteiger partial charge is 0.298 e. The van der Waals surface area contributed by atoms with Gasteiger partial charge in [0.2, 0.25) is 0 Å². The fraction of sp³-hybridized carbons (Fsp3) is 0.417. The van der Waals surface area contributed by atoms with E-state index in [0.717, 1.165) is 21.0 Å². The molecule has 2 heterocycles. The van der Waals surface area contributed by atoms with E-state index in [1.165, 1.54) is 11.8 Å². The Morgan fingerprint density at radius 2 is 2.41 bits per heavy atom. The molecule has 0 fully saturated rings. The van der Waals surface area contributed by atoms with Crippen molar-refractivity contribution in [1.82, 2.24) is 9.97 Å². The van der Waals surface area contributed by atoms with Crippen LogP contribution in [0, 0.1) is 5.92 Å². The molecule has 0 saturated heterocycles. The molecule has 90 valence electrons. The zero-order chi connectivity index (χ0) is 12.3. The highest BCUT2D eigenvalue weighted by Gasteiger charge is 2.12. The molecule has 0 N–H and O–H groups in total. The van der Waals surface area contributed by atoms with Crippen LogP contribution in [-0.2, 0) is 4.79 Å².